The van der Waals surface area contributed by atoms with Crippen molar-refractivity contribution in [1.82, 2.24) is 14.8 Å². The van der Waals surface area contributed by atoms with Crippen LogP contribution in [0.1, 0.15) is 5.56 Å². The summed E-state index contributed by atoms with van der Waals surface area (Å²) in [4.78, 5) is 0. The number of nitrogens with zero attached hydrogens (tertiary/aromatic N) is 3. The molecule has 0 bridgehead atoms. The lowest BCUT2D eigenvalue weighted by Gasteiger charge is -2.10. The fourth-order valence-electron chi connectivity index (χ4n) is 2.72. The first-order valence-electron chi connectivity index (χ1n) is 8.10. The number of halogens is 1. The van der Waals surface area contributed by atoms with E-state index in [1.807, 2.05) is 54.6 Å². The van der Waals surface area contributed by atoms with Gasteiger partial charge in [-0.1, -0.05) is 65.8 Å². The molecular weight excluding hydrogens is 370 g/mol. The molecule has 0 spiro atoms. The number of rotatable bonds is 6. The van der Waals surface area contributed by atoms with E-state index in [9.17, 15) is 0 Å². The quantitative estimate of drug-likeness (QED) is 0.582. The highest BCUT2D eigenvalue weighted by molar-refractivity contribution is 7.99. The van der Waals surface area contributed by atoms with Crippen LogP contribution in [0.3, 0.4) is 0 Å². The zero-order chi connectivity index (χ0) is 17.8. The van der Waals surface area contributed by atoms with Crippen LogP contribution in [0.15, 0.2) is 65.3 Å². The Hall–Kier alpha value is -2.44. The second-order valence-electron chi connectivity index (χ2n) is 5.62. The zero-order valence-corrected chi connectivity index (χ0v) is 15.4. The van der Waals surface area contributed by atoms with Crippen molar-refractivity contribution >= 4 is 23.4 Å². The predicted octanol–water partition coefficient (Wildman–Crippen LogP) is 4.57. The molecule has 1 aliphatic rings. The lowest BCUT2D eigenvalue weighted by atomic mass is 10.2. The maximum atomic E-state index is 5.63. The number of fused-ring (bicyclic) bond motifs is 1. The summed E-state index contributed by atoms with van der Waals surface area (Å²) in [6.45, 7) is 0.910. The summed E-state index contributed by atoms with van der Waals surface area (Å²) in [5, 5.41) is 9.63. The molecule has 1 aromatic heterocycles. The summed E-state index contributed by atoms with van der Waals surface area (Å²) >= 11 is 7.22. The van der Waals surface area contributed by atoms with Crippen molar-refractivity contribution in [2.24, 2.45) is 0 Å². The van der Waals surface area contributed by atoms with E-state index in [4.69, 9.17) is 21.1 Å². The van der Waals surface area contributed by atoms with Crippen LogP contribution in [-0.2, 0) is 6.54 Å². The molecular formula is C19H16ClN3O2S. The molecule has 26 heavy (non-hydrogen) atoms. The van der Waals surface area contributed by atoms with Gasteiger partial charge >= 0.3 is 0 Å². The van der Waals surface area contributed by atoms with Crippen LogP contribution < -0.4 is 9.47 Å². The van der Waals surface area contributed by atoms with E-state index in [-0.39, 0.29) is 6.79 Å². The summed E-state index contributed by atoms with van der Waals surface area (Å²) in [6, 6.07) is 16.0. The molecule has 132 valence electrons. The van der Waals surface area contributed by atoms with Gasteiger partial charge in [-0.2, -0.15) is 0 Å². The molecule has 0 aliphatic carbocycles. The van der Waals surface area contributed by atoms with Crippen molar-refractivity contribution in [1.29, 1.82) is 0 Å². The molecule has 7 heteroatoms. The molecule has 0 saturated heterocycles. The van der Waals surface area contributed by atoms with Gasteiger partial charge in [0.1, 0.15) is 0 Å². The first-order valence-corrected chi connectivity index (χ1v) is 9.52. The maximum Gasteiger partial charge on any atom is 0.231 e. The Bertz CT molecular complexity index is 928. The largest absolute Gasteiger partial charge is 0.454 e. The molecule has 0 unspecified atom stereocenters. The van der Waals surface area contributed by atoms with E-state index >= 15 is 0 Å². The minimum atomic E-state index is 0.270. The standard InChI is InChI=1S/C19H16ClN3O2S/c20-9-4-10-26-19-22-21-18(15-5-2-1-3-6-15)23(19)12-14-7-8-16-17(11-14)25-13-24-16/h1-9,11H,10,12-13H2/b9-4+. The molecule has 4 rings (SSSR count). The zero-order valence-electron chi connectivity index (χ0n) is 13.8. The van der Waals surface area contributed by atoms with Gasteiger partial charge in [-0.25, -0.2) is 0 Å². The number of benzene rings is 2. The number of hydrogen-bond acceptors (Lipinski definition) is 5. The average Bonchev–Trinajstić information content (AvgIpc) is 3.30. The van der Waals surface area contributed by atoms with Crippen LogP contribution in [-0.4, -0.2) is 27.3 Å². The molecule has 0 saturated carbocycles. The van der Waals surface area contributed by atoms with E-state index in [0.29, 0.717) is 6.54 Å². The van der Waals surface area contributed by atoms with Gasteiger partial charge in [0.15, 0.2) is 22.5 Å². The van der Waals surface area contributed by atoms with Gasteiger partial charge in [0.25, 0.3) is 0 Å². The van der Waals surface area contributed by atoms with Gasteiger partial charge in [0, 0.05) is 16.9 Å². The lowest BCUT2D eigenvalue weighted by molar-refractivity contribution is 0.174. The van der Waals surface area contributed by atoms with E-state index in [0.717, 1.165) is 39.4 Å². The summed E-state index contributed by atoms with van der Waals surface area (Å²) in [5.74, 6) is 3.12. The van der Waals surface area contributed by atoms with Gasteiger partial charge in [-0.05, 0) is 17.7 Å². The Morgan fingerprint density at radius 1 is 1.08 bits per heavy atom. The molecule has 2 heterocycles. The molecule has 0 amide bonds. The van der Waals surface area contributed by atoms with Crippen LogP contribution in [0.5, 0.6) is 11.5 Å². The first-order chi connectivity index (χ1) is 12.8. The van der Waals surface area contributed by atoms with Crippen LogP contribution in [0, 0.1) is 0 Å². The van der Waals surface area contributed by atoms with E-state index in [1.54, 1.807) is 11.8 Å². The maximum absolute atomic E-state index is 5.63. The SMILES string of the molecule is Cl/C=C/CSc1nnc(-c2ccccc2)n1Cc1ccc2c(c1)OCO2. The molecule has 2 aromatic carbocycles. The van der Waals surface area contributed by atoms with Crippen LogP contribution >= 0.6 is 23.4 Å². The van der Waals surface area contributed by atoms with E-state index < -0.39 is 0 Å². The fourth-order valence-corrected chi connectivity index (χ4v) is 3.66. The molecule has 0 fully saturated rings. The minimum absolute atomic E-state index is 0.270. The number of hydrogen-bond donors (Lipinski definition) is 0. The summed E-state index contributed by atoms with van der Waals surface area (Å²) < 4.78 is 13.0. The van der Waals surface area contributed by atoms with Crippen molar-refractivity contribution in [2.45, 2.75) is 11.7 Å². The number of thioether (sulfide) groups is 1. The van der Waals surface area contributed by atoms with Crippen LogP contribution in [0.2, 0.25) is 0 Å². The van der Waals surface area contributed by atoms with E-state index in [2.05, 4.69) is 14.8 Å². The van der Waals surface area contributed by atoms with E-state index in [1.165, 1.54) is 5.54 Å². The number of aromatic nitrogens is 3. The summed E-state index contributed by atoms with van der Waals surface area (Å²) in [7, 11) is 0. The molecule has 5 nitrogen and oxygen atoms in total. The third-order valence-corrected chi connectivity index (χ3v) is 5.02. The summed E-state index contributed by atoms with van der Waals surface area (Å²) in [6.07, 6.45) is 1.88. The molecule has 0 radical (unpaired) electrons. The van der Waals surface area contributed by atoms with Crippen LogP contribution in [0.25, 0.3) is 11.4 Å². The minimum Gasteiger partial charge on any atom is -0.454 e. The number of ether oxygens (including phenoxy) is 2. The van der Waals surface area contributed by atoms with Gasteiger partial charge < -0.3 is 9.47 Å². The van der Waals surface area contributed by atoms with Gasteiger partial charge in [0.05, 0.1) is 6.54 Å². The lowest BCUT2D eigenvalue weighted by Crippen LogP contribution is -2.04. The summed E-state index contributed by atoms with van der Waals surface area (Å²) in [5.41, 5.74) is 3.64. The smallest absolute Gasteiger partial charge is 0.231 e. The van der Waals surface area contributed by atoms with Gasteiger partial charge in [-0.3, -0.25) is 4.57 Å². The Labute approximate surface area is 160 Å². The third kappa shape index (κ3) is 3.57. The van der Waals surface area contributed by atoms with Gasteiger partial charge in [-0.15, -0.1) is 10.2 Å². The Kier molecular flexibility index (Phi) is 5.13. The normalized spacial score (nSPS) is 12.8. The Morgan fingerprint density at radius 2 is 1.92 bits per heavy atom. The molecule has 0 N–H and O–H groups in total. The van der Waals surface area contributed by atoms with Crippen LogP contribution in [0.4, 0.5) is 0 Å². The highest BCUT2D eigenvalue weighted by Crippen LogP contribution is 2.33. The Morgan fingerprint density at radius 3 is 2.77 bits per heavy atom. The second kappa shape index (κ2) is 7.85. The third-order valence-electron chi connectivity index (χ3n) is 3.92. The fraction of sp³-hybridized carbons (Fsp3) is 0.158. The monoisotopic (exact) mass is 385 g/mol. The van der Waals surface area contributed by atoms with Crippen molar-refractivity contribution < 1.29 is 9.47 Å². The van der Waals surface area contributed by atoms with Crippen molar-refractivity contribution in [3.63, 3.8) is 0 Å². The Balaban J connectivity index is 1.68. The topological polar surface area (TPSA) is 49.2 Å². The first kappa shape index (κ1) is 17.0. The highest BCUT2D eigenvalue weighted by Gasteiger charge is 2.17. The predicted molar refractivity (Wildman–Crippen MR) is 103 cm³/mol. The molecule has 1 aliphatic heterocycles. The average molecular weight is 386 g/mol. The van der Waals surface area contributed by atoms with Crippen molar-refractivity contribution in [3.8, 4) is 22.9 Å². The molecule has 3 aromatic rings. The van der Waals surface area contributed by atoms with Crippen molar-refractivity contribution in [3.05, 3.63) is 65.7 Å². The second-order valence-corrected chi connectivity index (χ2v) is 6.86. The van der Waals surface area contributed by atoms with Crippen molar-refractivity contribution in [2.75, 3.05) is 12.5 Å². The molecule has 0 atom stereocenters. The van der Waals surface area contributed by atoms with Gasteiger partial charge in [0.2, 0.25) is 6.79 Å². The highest BCUT2D eigenvalue weighted by atomic mass is 35.5.